The maximum absolute atomic E-state index is 10.3. The van der Waals surface area contributed by atoms with Crippen LogP contribution in [-0.2, 0) is 0 Å². The van der Waals surface area contributed by atoms with E-state index in [2.05, 4.69) is 5.43 Å². The van der Waals surface area contributed by atoms with Gasteiger partial charge in [0.25, 0.3) is 0 Å². The van der Waals surface area contributed by atoms with Gasteiger partial charge in [0.05, 0.1) is 5.70 Å². The van der Waals surface area contributed by atoms with Crippen LogP contribution in [0.25, 0.3) is 0 Å². The van der Waals surface area contributed by atoms with Crippen molar-refractivity contribution in [3.8, 4) is 0 Å². The maximum Gasteiger partial charge on any atom is 0.162 e. The van der Waals surface area contributed by atoms with E-state index in [9.17, 15) is 10.1 Å². The van der Waals surface area contributed by atoms with Crippen LogP contribution in [0.4, 0.5) is 0 Å². The lowest BCUT2D eigenvalue weighted by Gasteiger charge is -2.19. The minimum absolute atomic E-state index is 0.192. The van der Waals surface area contributed by atoms with Crippen molar-refractivity contribution in [3.63, 3.8) is 0 Å². The molecule has 1 N–H and O–H groups in total. The Balaban J connectivity index is 4.46. The summed E-state index contributed by atoms with van der Waals surface area (Å²) < 4.78 is 0. The quantitative estimate of drug-likeness (QED) is 0.542. The number of allylic oxidation sites excluding steroid dienone is 2. The van der Waals surface area contributed by atoms with E-state index >= 15 is 0 Å². The zero-order chi connectivity index (χ0) is 10.5. The minimum atomic E-state index is -0.507. The molecule has 0 atom stereocenters. The molecule has 76 valence electrons. The number of hydrazine groups is 1. The zero-order valence-corrected chi connectivity index (χ0v) is 8.76. The second kappa shape index (κ2) is 4.84. The maximum atomic E-state index is 10.3. The van der Waals surface area contributed by atoms with Gasteiger partial charge in [-0.1, -0.05) is 40.2 Å². The molecule has 0 aromatic carbocycles. The van der Waals surface area contributed by atoms with E-state index in [0.717, 1.165) is 12.8 Å². The Kier molecular flexibility index (Phi) is 4.45. The molecule has 0 aliphatic rings. The first-order valence-corrected chi connectivity index (χ1v) is 4.49. The van der Waals surface area contributed by atoms with Gasteiger partial charge >= 0.3 is 0 Å². The standard InChI is InChI=1S/C9H18N2O2/c1-5-6-7-8(9(2,3)4)10-11(12)13/h7,10H,5-6H2,1-4H3/b8-7+. The fourth-order valence-electron chi connectivity index (χ4n) is 0.907. The van der Waals surface area contributed by atoms with Crippen LogP contribution in [0.15, 0.2) is 11.8 Å². The Morgan fingerprint density at radius 1 is 1.54 bits per heavy atom. The van der Waals surface area contributed by atoms with Gasteiger partial charge in [-0.25, -0.2) is 10.1 Å². The summed E-state index contributed by atoms with van der Waals surface area (Å²) in [5, 5.41) is 9.77. The van der Waals surface area contributed by atoms with Gasteiger partial charge in [0, 0.05) is 5.41 Å². The molecule has 0 aromatic rings. The van der Waals surface area contributed by atoms with E-state index in [4.69, 9.17) is 0 Å². The van der Waals surface area contributed by atoms with Gasteiger partial charge in [-0.15, -0.1) is 5.43 Å². The molecule has 0 aliphatic carbocycles. The first kappa shape index (κ1) is 11.9. The lowest BCUT2D eigenvalue weighted by atomic mass is 9.91. The summed E-state index contributed by atoms with van der Waals surface area (Å²) in [6.45, 7) is 7.89. The fraction of sp³-hybridized carbons (Fsp3) is 0.778. The van der Waals surface area contributed by atoms with Crippen molar-refractivity contribution in [1.82, 2.24) is 5.43 Å². The van der Waals surface area contributed by atoms with Gasteiger partial charge in [-0.2, -0.15) is 0 Å². The molecule has 0 saturated carbocycles. The van der Waals surface area contributed by atoms with E-state index in [1.165, 1.54) is 0 Å². The smallest absolute Gasteiger partial charge is 0.162 e. The second-order valence-electron chi connectivity index (χ2n) is 4.03. The van der Waals surface area contributed by atoms with E-state index in [0.29, 0.717) is 5.70 Å². The molecular weight excluding hydrogens is 168 g/mol. The van der Waals surface area contributed by atoms with Crippen molar-refractivity contribution in [2.75, 3.05) is 0 Å². The summed E-state index contributed by atoms with van der Waals surface area (Å²) in [6.07, 6.45) is 3.76. The minimum Gasteiger partial charge on any atom is -0.235 e. The lowest BCUT2D eigenvalue weighted by Crippen LogP contribution is -2.29. The number of nitro groups is 1. The summed E-state index contributed by atoms with van der Waals surface area (Å²) in [7, 11) is 0. The van der Waals surface area contributed by atoms with Crippen molar-refractivity contribution in [2.24, 2.45) is 5.41 Å². The summed E-state index contributed by atoms with van der Waals surface area (Å²) >= 11 is 0. The predicted octanol–water partition coefficient (Wildman–Crippen LogP) is 2.50. The zero-order valence-electron chi connectivity index (χ0n) is 8.76. The fourth-order valence-corrected chi connectivity index (χ4v) is 0.907. The highest BCUT2D eigenvalue weighted by Gasteiger charge is 2.20. The number of nitrogens with zero attached hydrogens (tertiary/aromatic N) is 1. The third kappa shape index (κ3) is 5.22. The SMILES string of the molecule is CCC/C=C(/N[N+](=O)[O-])C(C)(C)C. The molecule has 13 heavy (non-hydrogen) atoms. The summed E-state index contributed by atoms with van der Waals surface area (Å²) in [5.41, 5.74) is 2.73. The third-order valence-electron chi connectivity index (χ3n) is 1.66. The monoisotopic (exact) mass is 186 g/mol. The van der Waals surface area contributed by atoms with Crippen LogP contribution in [0, 0.1) is 15.5 Å². The summed E-state index contributed by atoms with van der Waals surface area (Å²) in [6, 6.07) is 0. The lowest BCUT2D eigenvalue weighted by molar-refractivity contribution is -0.537. The number of rotatable bonds is 4. The first-order valence-electron chi connectivity index (χ1n) is 4.49. The van der Waals surface area contributed by atoms with Gasteiger partial charge in [0.1, 0.15) is 0 Å². The highest BCUT2D eigenvalue weighted by molar-refractivity contribution is 5.06. The van der Waals surface area contributed by atoms with Crippen LogP contribution in [0.2, 0.25) is 0 Å². The number of nitrogens with one attached hydrogen (secondary N) is 1. The molecule has 0 radical (unpaired) electrons. The number of unbranched alkanes of at least 4 members (excludes halogenated alkanes) is 1. The van der Waals surface area contributed by atoms with Crippen molar-refractivity contribution in [1.29, 1.82) is 0 Å². The van der Waals surface area contributed by atoms with Crippen molar-refractivity contribution in [3.05, 3.63) is 21.9 Å². The number of hydrogen-bond donors (Lipinski definition) is 1. The van der Waals surface area contributed by atoms with Crippen LogP contribution in [0.1, 0.15) is 40.5 Å². The van der Waals surface area contributed by atoms with Gasteiger partial charge in [-0.3, -0.25) is 0 Å². The average molecular weight is 186 g/mol. The highest BCUT2D eigenvalue weighted by Crippen LogP contribution is 2.23. The topological polar surface area (TPSA) is 55.2 Å². The van der Waals surface area contributed by atoms with E-state index < -0.39 is 5.03 Å². The van der Waals surface area contributed by atoms with Gasteiger partial charge in [0.15, 0.2) is 5.03 Å². The molecule has 0 saturated heterocycles. The van der Waals surface area contributed by atoms with E-state index in [-0.39, 0.29) is 5.41 Å². The Labute approximate surface area is 79.1 Å². The molecule has 0 bridgehead atoms. The summed E-state index contributed by atoms with van der Waals surface area (Å²) in [4.78, 5) is 10.3. The molecule has 0 fully saturated rings. The van der Waals surface area contributed by atoms with Gasteiger partial charge in [-0.05, 0) is 6.42 Å². The van der Waals surface area contributed by atoms with Gasteiger partial charge < -0.3 is 0 Å². The molecule has 0 amide bonds. The normalized spacial score (nSPS) is 12.8. The third-order valence-corrected chi connectivity index (χ3v) is 1.66. The Hall–Kier alpha value is -1.06. The Bertz CT molecular complexity index is 204. The van der Waals surface area contributed by atoms with Crippen LogP contribution < -0.4 is 5.43 Å². The summed E-state index contributed by atoms with van der Waals surface area (Å²) in [5.74, 6) is 0. The first-order chi connectivity index (χ1) is 5.88. The van der Waals surface area contributed by atoms with Gasteiger partial charge in [0.2, 0.25) is 0 Å². The van der Waals surface area contributed by atoms with Crippen molar-refractivity contribution < 1.29 is 5.03 Å². The average Bonchev–Trinajstić information content (AvgIpc) is 1.95. The Morgan fingerprint density at radius 3 is 2.38 bits per heavy atom. The van der Waals surface area contributed by atoms with Crippen LogP contribution in [-0.4, -0.2) is 5.03 Å². The predicted molar refractivity (Wildman–Crippen MR) is 52.6 cm³/mol. The van der Waals surface area contributed by atoms with E-state index in [1.807, 2.05) is 33.8 Å². The molecule has 0 aromatic heterocycles. The molecule has 0 aliphatic heterocycles. The molecule has 0 unspecified atom stereocenters. The molecule has 0 spiro atoms. The molecule has 4 nitrogen and oxygen atoms in total. The largest absolute Gasteiger partial charge is 0.235 e. The Morgan fingerprint density at radius 2 is 2.08 bits per heavy atom. The molecule has 0 heterocycles. The highest BCUT2D eigenvalue weighted by atomic mass is 16.7. The number of hydrogen-bond acceptors (Lipinski definition) is 2. The van der Waals surface area contributed by atoms with Crippen LogP contribution >= 0.6 is 0 Å². The van der Waals surface area contributed by atoms with Crippen LogP contribution in [0.3, 0.4) is 0 Å². The molecule has 4 heteroatoms. The molecule has 0 rings (SSSR count). The second-order valence-corrected chi connectivity index (χ2v) is 4.03. The van der Waals surface area contributed by atoms with Crippen LogP contribution in [0.5, 0.6) is 0 Å². The van der Waals surface area contributed by atoms with Crippen molar-refractivity contribution >= 4 is 0 Å². The molecular formula is C9H18N2O2. The van der Waals surface area contributed by atoms with Crippen molar-refractivity contribution in [2.45, 2.75) is 40.5 Å². The van der Waals surface area contributed by atoms with E-state index in [1.54, 1.807) is 0 Å².